The Morgan fingerprint density at radius 1 is 0.880 bits per heavy atom. The highest BCUT2D eigenvalue weighted by Gasteiger charge is 2.13. The Morgan fingerprint density at radius 2 is 1.64 bits per heavy atom. The van der Waals surface area contributed by atoms with Gasteiger partial charge in [0.25, 0.3) is 0 Å². The Bertz CT molecular complexity index is 1260. The largest absolute Gasteiger partial charge is 0.422 e. The Hall–Kier alpha value is -3.65. The van der Waals surface area contributed by atoms with Crippen molar-refractivity contribution in [2.75, 3.05) is 0 Å². The molecule has 5 heteroatoms. The van der Waals surface area contributed by atoms with Gasteiger partial charge in [-0.2, -0.15) is 5.26 Å². The number of hydrogen-bond donors (Lipinski definition) is 0. The quantitative estimate of drug-likeness (QED) is 0.416. The number of rotatable bonds is 2. The molecule has 0 bridgehead atoms. The third kappa shape index (κ3) is 2.60. The van der Waals surface area contributed by atoms with E-state index in [1.807, 2.05) is 6.07 Å². The molecule has 0 saturated heterocycles. The van der Waals surface area contributed by atoms with E-state index < -0.39 is 11.3 Å². The molecule has 0 aliphatic carbocycles. The second-order valence-electron chi connectivity index (χ2n) is 5.67. The molecule has 0 aliphatic heterocycles. The molecule has 4 rings (SSSR count). The summed E-state index contributed by atoms with van der Waals surface area (Å²) in [5, 5.41) is 9.66. The molecule has 2 heterocycles. The van der Waals surface area contributed by atoms with Crippen LogP contribution in [0.15, 0.2) is 73.0 Å². The smallest absolute Gasteiger partial charge is 0.347 e. The van der Waals surface area contributed by atoms with E-state index in [0.29, 0.717) is 28.5 Å². The number of fused-ring (bicyclic) bond motifs is 3. The third-order valence-electron chi connectivity index (χ3n) is 4.05. The highest BCUT2D eigenvalue weighted by atomic mass is 16.4. The number of benzene rings is 2. The maximum absolute atomic E-state index is 12.4. The molecule has 0 fully saturated rings. The minimum Gasteiger partial charge on any atom is -0.422 e. The molecule has 120 valence electrons. The summed E-state index contributed by atoms with van der Waals surface area (Å²) < 4.78 is 10.7. The zero-order valence-corrected chi connectivity index (χ0v) is 13.0. The first-order chi connectivity index (χ1) is 12.2. The Balaban J connectivity index is 1.88. The van der Waals surface area contributed by atoms with Crippen LogP contribution in [-0.2, 0) is 6.42 Å². The summed E-state index contributed by atoms with van der Waals surface area (Å²) in [6.45, 7) is 0. The van der Waals surface area contributed by atoms with E-state index in [1.54, 1.807) is 48.5 Å². The lowest BCUT2D eigenvalue weighted by molar-refractivity contribution is 0.537. The van der Waals surface area contributed by atoms with Gasteiger partial charge in [0.2, 0.25) is 0 Å². The van der Waals surface area contributed by atoms with Crippen LogP contribution in [0.3, 0.4) is 0 Å². The molecule has 0 amide bonds. The topological polar surface area (TPSA) is 84.2 Å². The third-order valence-corrected chi connectivity index (χ3v) is 4.05. The first kappa shape index (κ1) is 14.9. The van der Waals surface area contributed by atoms with Crippen LogP contribution < -0.4 is 11.3 Å². The molecule has 0 spiro atoms. The molecule has 5 nitrogen and oxygen atoms in total. The van der Waals surface area contributed by atoms with Gasteiger partial charge in [-0.05, 0) is 35.9 Å². The van der Waals surface area contributed by atoms with Crippen molar-refractivity contribution < 1.29 is 8.83 Å². The zero-order valence-electron chi connectivity index (χ0n) is 13.0. The van der Waals surface area contributed by atoms with Crippen LogP contribution in [0.4, 0.5) is 0 Å². The predicted molar refractivity (Wildman–Crippen MR) is 92.5 cm³/mol. The Morgan fingerprint density at radius 3 is 2.40 bits per heavy atom. The lowest BCUT2D eigenvalue weighted by Gasteiger charge is -2.04. The second kappa shape index (κ2) is 5.77. The summed E-state index contributed by atoms with van der Waals surface area (Å²) in [5.41, 5.74) is 1.33. The van der Waals surface area contributed by atoms with E-state index in [4.69, 9.17) is 14.1 Å². The van der Waals surface area contributed by atoms with Crippen molar-refractivity contribution in [1.29, 1.82) is 5.26 Å². The van der Waals surface area contributed by atoms with Crippen LogP contribution in [0.25, 0.3) is 21.9 Å². The number of nitrogens with zero attached hydrogens (tertiary/aromatic N) is 1. The van der Waals surface area contributed by atoms with E-state index in [2.05, 4.69) is 0 Å². The molecule has 0 saturated carbocycles. The standard InChI is InChI=1S/C20H11NO4/c21-11-13-7-5-12(6-8-13)9-14-10-16-18(25-19(14)22)15-3-1-2-4-17(15)24-20(16)23/h1-8,10H,9H2. The van der Waals surface area contributed by atoms with Crippen LogP contribution >= 0.6 is 0 Å². The molecule has 0 radical (unpaired) electrons. The van der Waals surface area contributed by atoms with Gasteiger partial charge >= 0.3 is 11.3 Å². The Labute approximate surface area is 141 Å². The van der Waals surface area contributed by atoms with Gasteiger partial charge in [-0.15, -0.1) is 0 Å². The van der Waals surface area contributed by atoms with Crippen molar-refractivity contribution in [3.8, 4) is 6.07 Å². The number of nitriles is 1. The molecular weight excluding hydrogens is 318 g/mol. The van der Waals surface area contributed by atoms with Gasteiger partial charge in [-0.1, -0.05) is 24.3 Å². The van der Waals surface area contributed by atoms with Crippen LogP contribution in [-0.4, -0.2) is 0 Å². The zero-order chi connectivity index (χ0) is 17.4. The van der Waals surface area contributed by atoms with E-state index in [0.717, 1.165) is 5.56 Å². The van der Waals surface area contributed by atoms with Crippen LogP contribution in [0.5, 0.6) is 0 Å². The van der Waals surface area contributed by atoms with Gasteiger partial charge in [0, 0.05) is 12.0 Å². The van der Waals surface area contributed by atoms with Crippen molar-refractivity contribution >= 4 is 21.9 Å². The molecule has 25 heavy (non-hydrogen) atoms. The number of hydrogen-bond acceptors (Lipinski definition) is 5. The first-order valence-corrected chi connectivity index (χ1v) is 7.63. The molecule has 0 N–H and O–H groups in total. The highest BCUT2D eigenvalue weighted by molar-refractivity contribution is 6.00. The maximum atomic E-state index is 12.4. The van der Waals surface area contributed by atoms with Crippen LogP contribution in [0.2, 0.25) is 0 Å². The van der Waals surface area contributed by atoms with Gasteiger partial charge in [0.1, 0.15) is 11.0 Å². The normalized spacial score (nSPS) is 10.8. The predicted octanol–water partition coefficient (Wildman–Crippen LogP) is 3.36. The molecular formula is C20H11NO4. The fourth-order valence-electron chi connectivity index (χ4n) is 2.80. The SMILES string of the molecule is N#Cc1ccc(Cc2cc3c(=O)oc4ccccc4c3oc2=O)cc1. The van der Waals surface area contributed by atoms with Gasteiger partial charge in [0.15, 0.2) is 5.58 Å². The van der Waals surface area contributed by atoms with Crippen molar-refractivity contribution in [3.63, 3.8) is 0 Å². The monoisotopic (exact) mass is 329 g/mol. The van der Waals surface area contributed by atoms with E-state index >= 15 is 0 Å². The summed E-state index contributed by atoms with van der Waals surface area (Å²) in [5.74, 6) is 0. The molecule has 0 aliphatic rings. The fraction of sp³-hybridized carbons (Fsp3) is 0.0500. The van der Waals surface area contributed by atoms with Crippen molar-refractivity contribution in [1.82, 2.24) is 0 Å². The lowest BCUT2D eigenvalue weighted by atomic mass is 10.0. The molecule has 2 aromatic carbocycles. The Kier molecular flexibility index (Phi) is 3.44. The average Bonchev–Trinajstić information content (AvgIpc) is 2.63. The molecule has 2 aromatic heterocycles. The lowest BCUT2D eigenvalue weighted by Crippen LogP contribution is -2.11. The maximum Gasteiger partial charge on any atom is 0.347 e. The minimum absolute atomic E-state index is 0.237. The van der Waals surface area contributed by atoms with E-state index in [-0.39, 0.29) is 11.0 Å². The first-order valence-electron chi connectivity index (χ1n) is 7.63. The van der Waals surface area contributed by atoms with Crippen LogP contribution in [0, 0.1) is 11.3 Å². The van der Waals surface area contributed by atoms with E-state index in [9.17, 15) is 9.59 Å². The van der Waals surface area contributed by atoms with Crippen LogP contribution in [0.1, 0.15) is 16.7 Å². The van der Waals surface area contributed by atoms with Gasteiger partial charge in [-0.3, -0.25) is 0 Å². The number of para-hydroxylation sites is 1. The van der Waals surface area contributed by atoms with Crippen molar-refractivity contribution in [2.45, 2.75) is 6.42 Å². The van der Waals surface area contributed by atoms with Gasteiger partial charge in [-0.25, -0.2) is 9.59 Å². The average molecular weight is 329 g/mol. The summed E-state index contributed by atoms with van der Waals surface area (Å²) in [7, 11) is 0. The van der Waals surface area contributed by atoms with Crippen molar-refractivity contribution in [3.05, 3.63) is 92.1 Å². The van der Waals surface area contributed by atoms with Gasteiger partial charge < -0.3 is 8.83 Å². The summed E-state index contributed by atoms with van der Waals surface area (Å²) in [6.07, 6.45) is 0.302. The summed E-state index contributed by atoms with van der Waals surface area (Å²) in [4.78, 5) is 24.6. The molecule has 0 unspecified atom stereocenters. The second-order valence-corrected chi connectivity index (χ2v) is 5.67. The minimum atomic E-state index is -0.543. The summed E-state index contributed by atoms with van der Waals surface area (Å²) in [6, 6.07) is 17.4. The van der Waals surface area contributed by atoms with E-state index in [1.165, 1.54) is 6.07 Å². The fourth-order valence-corrected chi connectivity index (χ4v) is 2.80. The summed E-state index contributed by atoms with van der Waals surface area (Å²) >= 11 is 0. The molecule has 4 aromatic rings. The van der Waals surface area contributed by atoms with Crippen molar-refractivity contribution in [2.24, 2.45) is 0 Å². The highest BCUT2D eigenvalue weighted by Crippen LogP contribution is 2.22. The molecule has 0 atom stereocenters. The van der Waals surface area contributed by atoms with Gasteiger partial charge in [0.05, 0.1) is 17.0 Å².